The molecule has 1 aromatic carbocycles. The number of β-amino-alcohol motifs (C(OH)–C–C–N with tert-alkyl or cyclic N) is 1. The van der Waals surface area contributed by atoms with Crippen LogP contribution in [0.4, 0.5) is 0 Å². The minimum absolute atomic E-state index is 0.0108. The molecule has 0 spiro atoms. The number of thiazole rings is 1. The lowest BCUT2D eigenvalue weighted by Crippen LogP contribution is -2.58. The first kappa shape index (κ1) is 38.9. The van der Waals surface area contributed by atoms with E-state index in [4.69, 9.17) is 9.57 Å². The summed E-state index contributed by atoms with van der Waals surface area (Å²) < 4.78 is 5.67. The van der Waals surface area contributed by atoms with Crippen molar-refractivity contribution in [3.05, 3.63) is 71.1 Å². The monoisotopic (exact) mass is 735 g/mol. The number of benzene rings is 1. The molecule has 3 amide bonds. The minimum Gasteiger partial charge on any atom is -0.391 e. The van der Waals surface area contributed by atoms with Crippen LogP contribution < -0.4 is 10.6 Å². The Morgan fingerprint density at radius 1 is 1.06 bits per heavy atom. The maximum atomic E-state index is 14.0. The number of amides is 3. The van der Waals surface area contributed by atoms with E-state index in [2.05, 4.69) is 25.5 Å². The lowest BCUT2D eigenvalue weighted by Gasteiger charge is -2.35. The first-order valence-corrected chi connectivity index (χ1v) is 18.4. The predicted molar refractivity (Wildman–Crippen MR) is 195 cm³/mol. The quantitative estimate of drug-likeness (QED) is 0.221. The number of nitrogens with zero attached hydrogens (tertiary/aromatic N) is 5. The molecule has 0 bridgehead atoms. The summed E-state index contributed by atoms with van der Waals surface area (Å²) in [5.74, 6) is -1.70. The fourth-order valence-electron chi connectivity index (χ4n) is 6.27. The number of pyridine rings is 1. The molecule has 0 saturated carbocycles. The first-order valence-electron chi connectivity index (χ1n) is 17.6. The van der Waals surface area contributed by atoms with Crippen LogP contribution >= 0.6 is 11.3 Å². The summed E-state index contributed by atoms with van der Waals surface area (Å²) >= 11 is 1.57. The molecule has 52 heavy (non-hydrogen) atoms. The van der Waals surface area contributed by atoms with Crippen LogP contribution in [0.5, 0.6) is 0 Å². The molecule has 4 heterocycles. The summed E-state index contributed by atoms with van der Waals surface area (Å²) in [5.41, 5.74) is 4.44. The minimum atomic E-state index is -0.952. The van der Waals surface area contributed by atoms with Gasteiger partial charge in [0.25, 0.3) is 0 Å². The van der Waals surface area contributed by atoms with Gasteiger partial charge in [0.05, 0.1) is 40.4 Å². The Labute approximate surface area is 308 Å². The third-order valence-corrected chi connectivity index (χ3v) is 10.3. The average molecular weight is 736 g/mol. The number of hydrogen-bond acceptors (Lipinski definition) is 12. The van der Waals surface area contributed by atoms with Crippen molar-refractivity contribution in [2.45, 2.75) is 65.3 Å². The lowest BCUT2D eigenvalue weighted by atomic mass is 9.85. The number of rotatable bonds is 13. The van der Waals surface area contributed by atoms with E-state index in [-0.39, 0.29) is 31.5 Å². The number of aromatic nitrogens is 2. The zero-order valence-corrected chi connectivity index (χ0v) is 31.2. The van der Waals surface area contributed by atoms with E-state index in [1.54, 1.807) is 34.7 Å². The van der Waals surface area contributed by atoms with Crippen molar-refractivity contribution >= 4 is 35.0 Å². The van der Waals surface area contributed by atoms with Crippen LogP contribution in [0.2, 0.25) is 0 Å². The molecule has 2 aliphatic rings. The molecule has 4 atom stereocenters. The van der Waals surface area contributed by atoms with Gasteiger partial charge in [-0.25, -0.2) is 9.78 Å². The second-order valence-corrected chi connectivity index (χ2v) is 15.2. The van der Waals surface area contributed by atoms with Crippen molar-refractivity contribution in [1.29, 1.82) is 0 Å². The number of ether oxygens (including phenoxy) is 1. The van der Waals surface area contributed by atoms with Crippen LogP contribution in [0.15, 0.2) is 54.3 Å². The highest BCUT2D eigenvalue weighted by atomic mass is 32.1. The molecule has 0 aliphatic carbocycles. The zero-order valence-electron chi connectivity index (χ0n) is 30.4. The van der Waals surface area contributed by atoms with Gasteiger partial charge in [-0.05, 0) is 42.5 Å². The van der Waals surface area contributed by atoms with Gasteiger partial charge in [-0.15, -0.1) is 16.4 Å². The molecular formula is C37H49N7O7S. The number of carbonyl (C=O) groups excluding carboxylic acids is 4. The number of piperazine rings is 1. The normalized spacial score (nSPS) is 19.5. The van der Waals surface area contributed by atoms with Crippen LogP contribution in [0.3, 0.4) is 0 Å². The number of aryl methyl sites for hydroxylation is 1. The van der Waals surface area contributed by atoms with Crippen LogP contribution in [0, 0.1) is 12.3 Å². The van der Waals surface area contributed by atoms with Crippen molar-refractivity contribution in [2.24, 2.45) is 5.41 Å². The molecule has 2 aromatic heterocycles. The Morgan fingerprint density at radius 2 is 1.79 bits per heavy atom. The Morgan fingerprint density at radius 3 is 2.42 bits per heavy atom. The maximum absolute atomic E-state index is 14.0. The van der Waals surface area contributed by atoms with E-state index in [1.807, 2.05) is 64.4 Å². The highest BCUT2D eigenvalue weighted by molar-refractivity contribution is 7.13. The standard InChI is InChI=1S/C37H49N7O7S/c1-24(26-8-10-27(11-9-26)32-25(2)39-23-52-32)40-34(47)30-19-29(45)21-44(30)35(48)33(37(3,4)5)41-31(46)22-50-18-17-42-13-15-43(16-14-42)51-36(49)28-7-6-12-38-20-28/h6-12,20,23-24,29-30,33,45H,13-19,21-22H2,1-5H3,(H,40,47)(H,41,46)/t24-,29+,30-,33+/m0/s1. The van der Waals surface area contributed by atoms with Crippen LogP contribution in [-0.4, -0.2) is 124 Å². The SMILES string of the molecule is Cc1ncsc1-c1ccc([C@H](C)NC(=O)[C@@H]2C[C@@H](O)CN2C(=O)[C@@H](NC(=O)COCCN2CCN(OC(=O)c3cccnc3)CC2)C(C)(C)C)cc1. The van der Waals surface area contributed by atoms with Crippen molar-refractivity contribution < 1.29 is 33.9 Å². The lowest BCUT2D eigenvalue weighted by molar-refractivity contribution is -0.144. The van der Waals surface area contributed by atoms with Gasteiger partial charge in [-0.1, -0.05) is 45.0 Å². The largest absolute Gasteiger partial charge is 0.391 e. The molecule has 280 valence electrons. The second kappa shape index (κ2) is 17.5. The molecule has 2 aliphatic heterocycles. The molecule has 3 aromatic rings. The van der Waals surface area contributed by atoms with E-state index < -0.39 is 41.4 Å². The second-order valence-electron chi connectivity index (χ2n) is 14.3. The Balaban J connectivity index is 1.08. The fourth-order valence-corrected chi connectivity index (χ4v) is 7.09. The van der Waals surface area contributed by atoms with Gasteiger partial charge in [-0.3, -0.25) is 24.3 Å². The molecule has 2 fully saturated rings. The Hall–Kier alpha value is -4.28. The summed E-state index contributed by atoms with van der Waals surface area (Å²) in [6, 6.07) is 9.08. The van der Waals surface area contributed by atoms with Gasteiger partial charge in [0.15, 0.2) is 0 Å². The third kappa shape index (κ3) is 10.2. The van der Waals surface area contributed by atoms with Gasteiger partial charge < -0.3 is 30.2 Å². The molecule has 3 N–H and O–H groups in total. The van der Waals surface area contributed by atoms with E-state index >= 15 is 0 Å². The third-order valence-electron chi connectivity index (χ3n) is 9.29. The van der Waals surface area contributed by atoms with Gasteiger partial charge in [0, 0.05) is 58.1 Å². The fraction of sp³-hybridized carbons (Fsp3) is 0.514. The van der Waals surface area contributed by atoms with Gasteiger partial charge in [0.2, 0.25) is 17.7 Å². The molecule has 0 radical (unpaired) electrons. The topological polar surface area (TPSA) is 167 Å². The number of hydrogen-bond donors (Lipinski definition) is 3. The molecule has 15 heteroatoms. The maximum Gasteiger partial charge on any atom is 0.358 e. The molecule has 2 saturated heterocycles. The Bertz CT molecular complexity index is 1670. The summed E-state index contributed by atoms with van der Waals surface area (Å²) in [7, 11) is 0. The number of nitrogens with one attached hydrogen (secondary N) is 2. The summed E-state index contributed by atoms with van der Waals surface area (Å²) in [4.78, 5) is 71.2. The molecular weight excluding hydrogens is 687 g/mol. The van der Waals surface area contributed by atoms with Crippen molar-refractivity contribution in [3.8, 4) is 10.4 Å². The molecule has 14 nitrogen and oxygen atoms in total. The average Bonchev–Trinajstić information content (AvgIpc) is 3.74. The summed E-state index contributed by atoms with van der Waals surface area (Å²) in [6.45, 7) is 12.4. The van der Waals surface area contributed by atoms with E-state index in [0.29, 0.717) is 44.9 Å². The van der Waals surface area contributed by atoms with Gasteiger partial charge in [0.1, 0.15) is 18.7 Å². The van der Waals surface area contributed by atoms with Crippen molar-refractivity contribution in [3.63, 3.8) is 0 Å². The number of likely N-dealkylation sites (tertiary alicyclic amines) is 1. The highest BCUT2D eigenvalue weighted by Gasteiger charge is 2.44. The first-order chi connectivity index (χ1) is 24.8. The number of carbonyl (C=O) groups is 4. The number of aliphatic hydroxyl groups is 1. The zero-order chi connectivity index (χ0) is 37.4. The smallest absolute Gasteiger partial charge is 0.358 e. The van der Waals surface area contributed by atoms with Gasteiger partial charge >= 0.3 is 5.97 Å². The molecule has 0 unspecified atom stereocenters. The Kier molecular flexibility index (Phi) is 13.1. The number of hydroxylamine groups is 2. The molecule has 5 rings (SSSR count). The van der Waals surface area contributed by atoms with Crippen LogP contribution in [-0.2, 0) is 24.0 Å². The van der Waals surface area contributed by atoms with E-state index in [1.165, 1.54) is 11.1 Å². The van der Waals surface area contributed by atoms with Crippen molar-refractivity contribution in [1.82, 2.24) is 35.5 Å². The van der Waals surface area contributed by atoms with Crippen molar-refractivity contribution in [2.75, 3.05) is 52.5 Å². The van der Waals surface area contributed by atoms with Crippen LogP contribution in [0.1, 0.15) is 61.8 Å². The van der Waals surface area contributed by atoms with Gasteiger partial charge in [-0.2, -0.15) is 0 Å². The van der Waals surface area contributed by atoms with Crippen LogP contribution in [0.25, 0.3) is 10.4 Å². The summed E-state index contributed by atoms with van der Waals surface area (Å²) in [5, 5.41) is 18.0. The predicted octanol–water partition coefficient (Wildman–Crippen LogP) is 2.59. The summed E-state index contributed by atoms with van der Waals surface area (Å²) in [6.07, 6.45) is 2.29. The highest BCUT2D eigenvalue weighted by Crippen LogP contribution is 2.29. The van der Waals surface area contributed by atoms with E-state index in [9.17, 15) is 24.3 Å². The number of aliphatic hydroxyl groups excluding tert-OH is 1. The van der Waals surface area contributed by atoms with E-state index in [0.717, 1.165) is 21.7 Å².